The van der Waals surface area contributed by atoms with Crippen molar-refractivity contribution in [1.82, 2.24) is 9.97 Å². The zero-order valence-corrected chi connectivity index (χ0v) is 20.8. The Bertz CT molecular complexity index is 1410. The minimum Gasteiger partial charge on any atom is -0.481 e. The summed E-state index contributed by atoms with van der Waals surface area (Å²) in [6, 6.07) is 21.2. The number of rotatable bonds is 7. The monoisotopic (exact) mass is 500 g/mol. The number of fused-ring (bicyclic) bond motifs is 1. The molecule has 1 heterocycles. The summed E-state index contributed by atoms with van der Waals surface area (Å²) in [5.74, 6) is -2.28. The molecule has 6 heteroatoms. The highest BCUT2D eigenvalue weighted by molar-refractivity contribution is 5.81. The van der Waals surface area contributed by atoms with Crippen molar-refractivity contribution in [2.75, 3.05) is 0 Å². The number of nitrogens with zero attached hydrogens (tertiary/aromatic N) is 1. The second-order valence-corrected chi connectivity index (χ2v) is 9.96. The van der Waals surface area contributed by atoms with Crippen LogP contribution in [0.25, 0.3) is 33.5 Å². The van der Waals surface area contributed by atoms with Crippen molar-refractivity contribution in [2.45, 2.75) is 50.9 Å². The number of nitrogens with one attached hydrogen (secondary N) is 1. The third-order valence-electron chi connectivity index (χ3n) is 7.43. The van der Waals surface area contributed by atoms with Crippen molar-refractivity contribution in [3.05, 3.63) is 90.0 Å². The molecule has 3 aromatic carbocycles. The number of imidazole rings is 1. The molecule has 1 aliphatic rings. The van der Waals surface area contributed by atoms with Crippen LogP contribution in [0.5, 0.6) is 0 Å². The maximum Gasteiger partial charge on any atom is 0.303 e. The number of alkyl halides is 2. The quantitative estimate of drug-likeness (QED) is 0.251. The highest BCUT2D eigenvalue weighted by atomic mass is 19.3. The number of halogens is 2. The Morgan fingerprint density at radius 1 is 0.973 bits per heavy atom. The normalized spacial score (nSPS) is 18.5. The predicted octanol–water partition coefficient (Wildman–Crippen LogP) is 8.31. The van der Waals surface area contributed by atoms with Gasteiger partial charge in [-0.25, -0.2) is 4.98 Å². The van der Waals surface area contributed by atoms with E-state index in [1.165, 1.54) is 23.8 Å². The van der Waals surface area contributed by atoms with Crippen LogP contribution in [-0.4, -0.2) is 21.0 Å². The number of aliphatic carboxylic acids is 1. The lowest BCUT2D eigenvalue weighted by molar-refractivity contribution is -0.138. The molecule has 1 aromatic heterocycles. The van der Waals surface area contributed by atoms with Gasteiger partial charge in [-0.2, -0.15) is 8.78 Å². The number of benzene rings is 3. The molecule has 1 fully saturated rings. The van der Waals surface area contributed by atoms with Crippen molar-refractivity contribution in [3.63, 3.8) is 0 Å². The van der Waals surface area contributed by atoms with Gasteiger partial charge in [0.1, 0.15) is 5.82 Å². The fourth-order valence-electron chi connectivity index (χ4n) is 5.37. The minimum absolute atomic E-state index is 0.0691. The van der Waals surface area contributed by atoms with Gasteiger partial charge in [-0.05, 0) is 79.3 Å². The first-order valence-corrected chi connectivity index (χ1v) is 12.8. The zero-order chi connectivity index (χ0) is 26.0. The molecule has 0 spiro atoms. The summed E-state index contributed by atoms with van der Waals surface area (Å²) >= 11 is 0. The van der Waals surface area contributed by atoms with Crippen molar-refractivity contribution in [1.29, 1.82) is 0 Å². The Morgan fingerprint density at radius 3 is 2.22 bits per heavy atom. The van der Waals surface area contributed by atoms with E-state index < -0.39 is 11.9 Å². The van der Waals surface area contributed by atoms with Crippen LogP contribution in [-0.2, 0) is 10.7 Å². The van der Waals surface area contributed by atoms with Gasteiger partial charge in [-0.3, -0.25) is 4.79 Å². The Hall–Kier alpha value is -3.80. The first-order chi connectivity index (χ1) is 17.8. The number of carboxylic acids is 1. The average molecular weight is 501 g/mol. The van der Waals surface area contributed by atoms with E-state index in [-0.39, 0.29) is 12.0 Å². The van der Waals surface area contributed by atoms with E-state index in [0.29, 0.717) is 28.7 Å². The lowest BCUT2D eigenvalue weighted by Gasteiger charge is -2.28. The molecule has 4 aromatic rings. The number of aromatic amines is 1. The van der Waals surface area contributed by atoms with Crippen LogP contribution in [0.4, 0.5) is 8.78 Å². The first kappa shape index (κ1) is 24.9. The van der Waals surface area contributed by atoms with Gasteiger partial charge >= 0.3 is 5.97 Å². The number of carbonyl (C=O) groups is 1. The van der Waals surface area contributed by atoms with E-state index in [1.54, 1.807) is 13.0 Å². The van der Waals surface area contributed by atoms with E-state index in [9.17, 15) is 13.6 Å². The van der Waals surface area contributed by atoms with Gasteiger partial charge in [-0.1, -0.05) is 60.7 Å². The highest BCUT2D eigenvalue weighted by Crippen LogP contribution is 2.38. The van der Waals surface area contributed by atoms with Gasteiger partial charge in [-0.15, -0.1) is 0 Å². The lowest BCUT2D eigenvalue weighted by Crippen LogP contribution is -2.16. The molecule has 37 heavy (non-hydrogen) atoms. The molecule has 5 rings (SSSR count). The van der Waals surface area contributed by atoms with E-state index in [1.807, 2.05) is 24.3 Å². The van der Waals surface area contributed by atoms with Gasteiger partial charge < -0.3 is 10.1 Å². The maximum atomic E-state index is 14.3. The van der Waals surface area contributed by atoms with Crippen LogP contribution in [0.2, 0.25) is 0 Å². The third-order valence-corrected chi connectivity index (χ3v) is 7.43. The summed E-state index contributed by atoms with van der Waals surface area (Å²) < 4.78 is 28.5. The maximum absolute atomic E-state index is 14.3. The molecule has 1 aliphatic carbocycles. The molecule has 0 aliphatic heterocycles. The Balaban J connectivity index is 1.28. The summed E-state index contributed by atoms with van der Waals surface area (Å²) in [6.07, 6.45) is 6.55. The Morgan fingerprint density at radius 2 is 1.59 bits per heavy atom. The largest absolute Gasteiger partial charge is 0.481 e. The summed E-state index contributed by atoms with van der Waals surface area (Å²) in [6.45, 7) is 1.58. The molecule has 0 atom stereocenters. The first-order valence-electron chi connectivity index (χ1n) is 12.8. The van der Waals surface area contributed by atoms with Crippen molar-refractivity contribution >= 4 is 17.0 Å². The number of hydrogen-bond donors (Lipinski definition) is 2. The Labute approximate surface area is 215 Å². The number of allylic oxidation sites excluding steroid dienone is 2. The number of aromatic nitrogens is 2. The smallest absolute Gasteiger partial charge is 0.303 e. The number of carboxylic acid groups (broad SMARTS) is 1. The van der Waals surface area contributed by atoms with Gasteiger partial charge in [0.05, 0.1) is 11.0 Å². The second kappa shape index (κ2) is 10.3. The SMILES string of the molecule is C/C=C/C(F)(F)c1ccc2nc(-c3ccc(-c4ccc(C5CCC(CC(=O)O)CC5)cc4)cc3)[nH]c2c1. The molecular weight excluding hydrogens is 470 g/mol. The molecule has 2 N–H and O–H groups in total. The number of H-pyrrole nitrogens is 1. The van der Waals surface area contributed by atoms with Crippen LogP contribution in [0.3, 0.4) is 0 Å². The standard InChI is InChI=1S/C31H30F2N2O2/c1-2-17-31(32,33)26-15-16-27-28(19-26)35-30(34-27)25-13-11-24(12-14-25)23-9-7-22(8-10-23)21-5-3-20(4-6-21)18-29(36)37/h2,7-17,19-21H,3-6,18H2,1H3,(H,34,35)(H,36,37)/b17-2+. The molecule has 0 amide bonds. The third kappa shape index (κ3) is 5.48. The molecule has 0 radical (unpaired) electrons. The van der Waals surface area contributed by atoms with E-state index in [4.69, 9.17) is 5.11 Å². The summed E-state index contributed by atoms with van der Waals surface area (Å²) in [5.41, 5.74) is 5.56. The average Bonchev–Trinajstić information content (AvgIpc) is 3.33. The molecule has 0 bridgehead atoms. The predicted molar refractivity (Wildman–Crippen MR) is 143 cm³/mol. The molecule has 0 saturated heterocycles. The highest BCUT2D eigenvalue weighted by Gasteiger charge is 2.28. The van der Waals surface area contributed by atoms with Crippen LogP contribution in [0.1, 0.15) is 56.1 Å². The fourth-order valence-corrected chi connectivity index (χ4v) is 5.37. The summed E-state index contributed by atoms with van der Waals surface area (Å²) in [7, 11) is 0. The number of hydrogen-bond acceptors (Lipinski definition) is 2. The van der Waals surface area contributed by atoms with Crippen LogP contribution < -0.4 is 0 Å². The molecule has 0 unspecified atom stereocenters. The summed E-state index contributed by atoms with van der Waals surface area (Å²) in [4.78, 5) is 18.7. The van der Waals surface area contributed by atoms with Crippen molar-refractivity contribution in [3.8, 4) is 22.5 Å². The molecule has 190 valence electrons. The van der Waals surface area contributed by atoms with E-state index in [2.05, 4.69) is 34.2 Å². The van der Waals surface area contributed by atoms with Gasteiger partial charge in [0.15, 0.2) is 0 Å². The zero-order valence-electron chi connectivity index (χ0n) is 20.8. The van der Waals surface area contributed by atoms with Crippen LogP contribution >= 0.6 is 0 Å². The van der Waals surface area contributed by atoms with Crippen molar-refractivity contribution < 1.29 is 18.7 Å². The fraction of sp³-hybridized carbons (Fsp3) is 0.290. The van der Waals surface area contributed by atoms with Gasteiger partial charge in [0.2, 0.25) is 0 Å². The van der Waals surface area contributed by atoms with E-state index in [0.717, 1.165) is 48.4 Å². The van der Waals surface area contributed by atoms with Gasteiger partial charge in [0, 0.05) is 17.5 Å². The minimum atomic E-state index is -3.02. The summed E-state index contributed by atoms with van der Waals surface area (Å²) in [5, 5.41) is 9.02. The van der Waals surface area contributed by atoms with Crippen LogP contribution in [0.15, 0.2) is 78.9 Å². The molecular formula is C31H30F2N2O2. The molecule has 1 saturated carbocycles. The van der Waals surface area contributed by atoms with Crippen LogP contribution in [0, 0.1) is 5.92 Å². The van der Waals surface area contributed by atoms with E-state index >= 15 is 0 Å². The van der Waals surface area contributed by atoms with Gasteiger partial charge in [0.25, 0.3) is 5.92 Å². The van der Waals surface area contributed by atoms with Crippen molar-refractivity contribution in [2.24, 2.45) is 5.92 Å². The molecule has 4 nitrogen and oxygen atoms in total. The Kier molecular flexibility index (Phi) is 6.92. The second-order valence-electron chi connectivity index (χ2n) is 9.96. The topological polar surface area (TPSA) is 66.0 Å². The lowest BCUT2D eigenvalue weighted by atomic mass is 9.77.